The highest BCUT2D eigenvalue weighted by atomic mass is 35.5. The summed E-state index contributed by atoms with van der Waals surface area (Å²) in [4.78, 5) is 13.1. The van der Waals surface area contributed by atoms with Crippen molar-refractivity contribution >= 4 is 27.5 Å². The molecule has 7 heteroatoms. The number of benzene rings is 2. The molecule has 1 saturated heterocycles. The first-order chi connectivity index (χ1) is 14.8. The van der Waals surface area contributed by atoms with E-state index in [9.17, 15) is 13.2 Å². The Kier molecular flexibility index (Phi) is 8.14. The summed E-state index contributed by atoms with van der Waals surface area (Å²) in [6.07, 6.45) is 4.51. The molecule has 5 nitrogen and oxygen atoms in total. The van der Waals surface area contributed by atoms with Gasteiger partial charge in [0.25, 0.3) is 5.91 Å². The maximum atomic E-state index is 13.2. The second kappa shape index (κ2) is 10.6. The third kappa shape index (κ3) is 6.09. The lowest BCUT2D eigenvalue weighted by Gasteiger charge is -2.22. The minimum Gasteiger partial charge on any atom is -0.345 e. The maximum Gasteiger partial charge on any atom is 0.251 e. The molecule has 1 aliphatic rings. The van der Waals surface area contributed by atoms with Gasteiger partial charge in [0.05, 0.1) is 11.1 Å². The number of hydrogen-bond donors (Lipinski definition) is 1. The highest BCUT2D eigenvalue weighted by Gasteiger charge is 2.28. The SMILES string of the molecule is CC(C)CC(NC(=O)c1ccc(Cl)c(S(=O)(=O)N2CCCCCC2)c1)c1ccccc1. The Labute approximate surface area is 190 Å². The quantitative estimate of drug-likeness (QED) is 0.597. The Morgan fingerprint density at radius 1 is 1.03 bits per heavy atom. The summed E-state index contributed by atoms with van der Waals surface area (Å²) in [5, 5.41) is 3.22. The molecule has 0 bridgehead atoms. The normalized spacial score (nSPS) is 16.6. The summed E-state index contributed by atoms with van der Waals surface area (Å²) in [6.45, 7) is 5.19. The van der Waals surface area contributed by atoms with Crippen LogP contribution in [0.5, 0.6) is 0 Å². The number of hydrogen-bond acceptors (Lipinski definition) is 3. The van der Waals surface area contributed by atoms with Crippen molar-refractivity contribution in [2.24, 2.45) is 5.92 Å². The lowest BCUT2D eigenvalue weighted by molar-refractivity contribution is 0.0931. The van der Waals surface area contributed by atoms with Gasteiger partial charge in [0.2, 0.25) is 10.0 Å². The molecule has 1 atom stereocenters. The van der Waals surface area contributed by atoms with Crippen LogP contribution in [0, 0.1) is 5.92 Å². The number of sulfonamides is 1. The molecule has 0 saturated carbocycles. The summed E-state index contributed by atoms with van der Waals surface area (Å²) in [7, 11) is -3.75. The Morgan fingerprint density at radius 3 is 2.29 bits per heavy atom. The lowest BCUT2D eigenvalue weighted by atomic mass is 9.96. The number of nitrogens with one attached hydrogen (secondary N) is 1. The van der Waals surface area contributed by atoms with Gasteiger partial charge in [0.1, 0.15) is 4.90 Å². The standard InChI is InChI=1S/C24H31ClN2O3S/c1-18(2)16-22(19-10-6-5-7-11-19)26-24(28)20-12-13-21(25)23(17-20)31(29,30)27-14-8-3-4-9-15-27/h5-7,10-13,17-18,22H,3-4,8-9,14-16H2,1-2H3,(H,26,28). The molecule has 1 fully saturated rings. The molecule has 168 valence electrons. The van der Waals surface area contributed by atoms with Crippen molar-refractivity contribution in [2.45, 2.75) is 56.9 Å². The van der Waals surface area contributed by atoms with Crippen molar-refractivity contribution in [3.05, 3.63) is 64.7 Å². The second-order valence-corrected chi connectivity index (χ2v) is 10.8. The van der Waals surface area contributed by atoms with E-state index in [4.69, 9.17) is 11.6 Å². The zero-order valence-electron chi connectivity index (χ0n) is 18.2. The van der Waals surface area contributed by atoms with E-state index >= 15 is 0 Å². The van der Waals surface area contributed by atoms with Gasteiger partial charge >= 0.3 is 0 Å². The van der Waals surface area contributed by atoms with E-state index < -0.39 is 10.0 Å². The summed E-state index contributed by atoms with van der Waals surface area (Å²) in [5.74, 6) is 0.0770. The average molecular weight is 463 g/mol. The second-order valence-electron chi connectivity index (χ2n) is 8.53. The zero-order valence-corrected chi connectivity index (χ0v) is 19.8. The number of rotatable bonds is 7. The van der Waals surface area contributed by atoms with Crippen molar-refractivity contribution in [3.8, 4) is 0 Å². The van der Waals surface area contributed by atoms with Gasteiger partial charge < -0.3 is 5.32 Å². The number of halogens is 1. The molecule has 0 aromatic heterocycles. The van der Waals surface area contributed by atoms with Gasteiger partial charge in [-0.05, 0) is 48.9 Å². The van der Waals surface area contributed by atoms with Crippen LogP contribution in [0.1, 0.15) is 67.9 Å². The first-order valence-electron chi connectivity index (χ1n) is 10.9. The van der Waals surface area contributed by atoms with E-state index in [1.54, 1.807) is 6.07 Å². The Hall–Kier alpha value is -1.89. The topological polar surface area (TPSA) is 66.5 Å². The third-order valence-electron chi connectivity index (χ3n) is 5.59. The highest BCUT2D eigenvalue weighted by molar-refractivity contribution is 7.89. The van der Waals surface area contributed by atoms with Crippen molar-refractivity contribution < 1.29 is 13.2 Å². The van der Waals surface area contributed by atoms with Crippen LogP contribution in [-0.2, 0) is 10.0 Å². The van der Waals surface area contributed by atoms with Crippen molar-refractivity contribution in [1.29, 1.82) is 0 Å². The highest BCUT2D eigenvalue weighted by Crippen LogP contribution is 2.28. The summed E-state index contributed by atoms with van der Waals surface area (Å²) >= 11 is 6.28. The molecule has 0 spiro atoms. The van der Waals surface area contributed by atoms with Crippen LogP contribution in [0.25, 0.3) is 0 Å². The van der Waals surface area contributed by atoms with E-state index in [1.807, 2.05) is 30.3 Å². The van der Waals surface area contributed by atoms with Crippen LogP contribution < -0.4 is 5.32 Å². The van der Waals surface area contributed by atoms with Crippen molar-refractivity contribution in [3.63, 3.8) is 0 Å². The van der Waals surface area contributed by atoms with Gasteiger partial charge in [0, 0.05) is 18.7 Å². The number of nitrogens with zero attached hydrogens (tertiary/aromatic N) is 1. The monoisotopic (exact) mass is 462 g/mol. The van der Waals surface area contributed by atoms with Gasteiger partial charge in [-0.1, -0.05) is 68.6 Å². The predicted molar refractivity (Wildman–Crippen MR) is 125 cm³/mol. The third-order valence-corrected chi connectivity index (χ3v) is 7.97. The Balaban J connectivity index is 1.86. The molecule has 1 amide bonds. The van der Waals surface area contributed by atoms with Crippen molar-refractivity contribution in [1.82, 2.24) is 9.62 Å². The van der Waals surface area contributed by atoms with Crippen LogP contribution in [0.3, 0.4) is 0 Å². The zero-order chi connectivity index (χ0) is 22.4. The lowest BCUT2D eigenvalue weighted by Crippen LogP contribution is -2.33. The van der Waals surface area contributed by atoms with E-state index in [0.717, 1.165) is 37.7 Å². The Bertz CT molecular complexity index is 985. The van der Waals surface area contributed by atoms with E-state index in [0.29, 0.717) is 24.6 Å². The van der Waals surface area contributed by atoms with Gasteiger partial charge in [-0.3, -0.25) is 4.79 Å². The van der Waals surface area contributed by atoms with Crippen LogP contribution in [0.15, 0.2) is 53.4 Å². The number of carbonyl (C=O) groups is 1. The smallest absolute Gasteiger partial charge is 0.251 e. The number of carbonyl (C=O) groups excluding carboxylic acids is 1. The largest absolute Gasteiger partial charge is 0.345 e. The van der Waals surface area contributed by atoms with Crippen molar-refractivity contribution in [2.75, 3.05) is 13.1 Å². The molecule has 1 heterocycles. The predicted octanol–water partition coefficient (Wildman–Crippen LogP) is 5.42. The Morgan fingerprint density at radius 2 is 1.68 bits per heavy atom. The van der Waals surface area contributed by atoms with E-state index in [-0.39, 0.29) is 21.9 Å². The number of amides is 1. The van der Waals surface area contributed by atoms with Gasteiger partial charge in [-0.2, -0.15) is 4.31 Å². The summed E-state index contributed by atoms with van der Waals surface area (Å²) in [6, 6.07) is 14.2. The molecule has 1 N–H and O–H groups in total. The van der Waals surface area contributed by atoms with Crippen LogP contribution in [0.2, 0.25) is 5.02 Å². The van der Waals surface area contributed by atoms with Crippen LogP contribution in [-0.4, -0.2) is 31.7 Å². The van der Waals surface area contributed by atoms with Gasteiger partial charge in [-0.15, -0.1) is 0 Å². The molecule has 1 unspecified atom stereocenters. The average Bonchev–Trinajstić information content (AvgIpc) is 3.04. The van der Waals surface area contributed by atoms with E-state index in [1.165, 1.54) is 16.4 Å². The van der Waals surface area contributed by atoms with E-state index in [2.05, 4.69) is 19.2 Å². The molecule has 0 aliphatic carbocycles. The fourth-order valence-electron chi connectivity index (χ4n) is 3.94. The minimum atomic E-state index is -3.75. The fraction of sp³-hybridized carbons (Fsp3) is 0.458. The first kappa shape index (κ1) is 23.8. The minimum absolute atomic E-state index is 0.00355. The van der Waals surface area contributed by atoms with Crippen LogP contribution in [0.4, 0.5) is 0 Å². The molecular formula is C24H31ClN2O3S. The van der Waals surface area contributed by atoms with Gasteiger partial charge in [0.15, 0.2) is 0 Å². The maximum absolute atomic E-state index is 13.2. The summed E-state index contributed by atoms with van der Waals surface area (Å²) < 4.78 is 28.0. The molecule has 1 aliphatic heterocycles. The molecule has 3 rings (SSSR count). The van der Waals surface area contributed by atoms with Gasteiger partial charge in [-0.25, -0.2) is 8.42 Å². The summed E-state index contributed by atoms with van der Waals surface area (Å²) in [5.41, 5.74) is 1.32. The molecule has 2 aromatic carbocycles. The molecule has 31 heavy (non-hydrogen) atoms. The fourth-order valence-corrected chi connectivity index (χ4v) is 5.96. The first-order valence-corrected chi connectivity index (χ1v) is 12.8. The van der Waals surface area contributed by atoms with Crippen LogP contribution >= 0.6 is 11.6 Å². The molecular weight excluding hydrogens is 432 g/mol. The molecule has 2 aromatic rings. The molecule has 0 radical (unpaired) electrons.